The Kier molecular flexibility index (Phi) is 3.58. The van der Waals surface area contributed by atoms with Crippen LogP contribution in [0.1, 0.15) is 16.7 Å². The predicted octanol–water partition coefficient (Wildman–Crippen LogP) is 5.27. The first kappa shape index (κ1) is 14.6. The van der Waals surface area contributed by atoms with Crippen LogP contribution in [0.3, 0.4) is 0 Å². The smallest absolute Gasteiger partial charge is 0.126 e. The number of methoxy groups -OCH3 is 2. The molecule has 0 aromatic heterocycles. The second-order valence-corrected chi connectivity index (χ2v) is 5.76. The maximum absolute atomic E-state index is 5.53. The lowest BCUT2D eigenvalue weighted by Gasteiger charge is -2.09. The first-order chi connectivity index (χ1) is 11.8. The summed E-state index contributed by atoms with van der Waals surface area (Å²) in [5, 5.41) is 0. The van der Waals surface area contributed by atoms with Gasteiger partial charge in [0.1, 0.15) is 11.5 Å². The second kappa shape index (κ2) is 5.89. The fraction of sp³-hybridized carbons (Fsp3) is 0.0909. The van der Waals surface area contributed by atoms with E-state index in [-0.39, 0.29) is 0 Å². The fourth-order valence-corrected chi connectivity index (χ4v) is 3.31. The van der Waals surface area contributed by atoms with Crippen molar-refractivity contribution < 1.29 is 9.47 Å². The number of hydrogen-bond acceptors (Lipinski definition) is 2. The lowest BCUT2D eigenvalue weighted by Crippen LogP contribution is -1.90. The zero-order valence-electron chi connectivity index (χ0n) is 13.7. The van der Waals surface area contributed by atoms with E-state index in [1.807, 2.05) is 18.2 Å². The molecule has 0 saturated carbocycles. The largest absolute Gasteiger partial charge is 0.497 e. The Morgan fingerprint density at radius 2 is 1.25 bits per heavy atom. The van der Waals surface area contributed by atoms with E-state index < -0.39 is 0 Å². The van der Waals surface area contributed by atoms with Gasteiger partial charge in [-0.25, -0.2) is 0 Å². The molecule has 0 amide bonds. The Hall–Kier alpha value is -3.00. The number of benzene rings is 3. The van der Waals surface area contributed by atoms with Crippen LogP contribution in [0.5, 0.6) is 11.5 Å². The fourth-order valence-electron chi connectivity index (χ4n) is 3.31. The van der Waals surface area contributed by atoms with Gasteiger partial charge < -0.3 is 9.47 Å². The van der Waals surface area contributed by atoms with Crippen LogP contribution in [0.4, 0.5) is 0 Å². The van der Waals surface area contributed by atoms with Gasteiger partial charge in [0, 0.05) is 5.56 Å². The molecule has 0 unspecified atom stereocenters. The molecule has 2 heteroatoms. The third kappa shape index (κ3) is 2.28. The van der Waals surface area contributed by atoms with Gasteiger partial charge in [0.25, 0.3) is 0 Å². The molecular weight excluding hydrogens is 296 g/mol. The van der Waals surface area contributed by atoms with Gasteiger partial charge in [-0.3, -0.25) is 0 Å². The van der Waals surface area contributed by atoms with E-state index in [0.29, 0.717) is 0 Å². The van der Waals surface area contributed by atoms with E-state index in [4.69, 9.17) is 9.47 Å². The molecule has 4 rings (SSSR count). The standard InChI is InChI=1S/C22H18O2/c1-23-16-11-12-22(24-2)15(13-16)14-21-19-9-5-3-7-17(19)18-8-4-6-10-20(18)21/h3-14H,1-2H3. The molecule has 3 aromatic rings. The minimum atomic E-state index is 0.821. The van der Waals surface area contributed by atoms with Gasteiger partial charge in [-0.15, -0.1) is 0 Å². The highest BCUT2D eigenvalue weighted by atomic mass is 16.5. The average molecular weight is 314 g/mol. The van der Waals surface area contributed by atoms with E-state index in [9.17, 15) is 0 Å². The lowest BCUT2D eigenvalue weighted by molar-refractivity contribution is 0.402. The SMILES string of the molecule is COc1ccc(OC)c(C=C2c3ccccc3-c3ccccc32)c1. The van der Waals surface area contributed by atoms with E-state index in [1.54, 1.807) is 14.2 Å². The van der Waals surface area contributed by atoms with Crippen molar-refractivity contribution in [3.8, 4) is 22.6 Å². The highest BCUT2D eigenvalue weighted by molar-refractivity contribution is 6.06. The molecule has 1 aliphatic rings. The molecule has 2 nitrogen and oxygen atoms in total. The molecule has 0 N–H and O–H groups in total. The lowest BCUT2D eigenvalue weighted by atomic mass is 10.0. The van der Waals surface area contributed by atoms with Crippen molar-refractivity contribution in [2.75, 3.05) is 14.2 Å². The number of fused-ring (bicyclic) bond motifs is 3. The molecule has 0 atom stereocenters. The van der Waals surface area contributed by atoms with Crippen molar-refractivity contribution in [1.29, 1.82) is 0 Å². The minimum absolute atomic E-state index is 0.821. The maximum atomic E-state index is 5.53. The first-order valence-corrected chi connectivity index (χ1v) is 7.94. The summed E-state index contributed by atoms with van der Waals surface area (Å²) in [5.41, 5.74) is 7.29. The minimum Gasteiger partial charge on any atom is -0.497 e. The molecule has 0 saturated heterocycles. The molecule has 0 heterocycles. The summed E-state index contributed by atoms with van der Waals surface area (Å²) in [6.07, 6.45) is 2.19. The summed E-state index contributed by atoms with van der Waals surface area (Å²) in [4.78, 5) is 0. The zero-order chi connectivity index (χ0) is 16.5. The van der Waals surface area contributed by atoms with Gasteiger partial charge in [0.15, 0.2) is 0 Å². The van der Waals surface area contributed by atoms with E-state index in [2.05, 4.69) is 54.6 Å². The Morgan fingerprint density at radius 1 is 0.667 bits per heavy atom. The highest BCUT2D eigenvalue weighted by Crippen LogP contribution is 2.45. The molecule has 0 spiro atoms. The van der Waals surface area contributed by atoms with Crippen molar-refractivity contribution in [3.63, 3.8) is 0 Å². The van der Waals surface area contributed by atoms with Crippen LogP contribution in [-0.4, -0.2) is 14.2 Å². The summed E-state index contributed by atoms with van der Waals surface area (Å²) in [7, 11) is 3.37. The molecule has 1 aliphatic carbocycles. The van der Waals surface area contributed by atoms with Crippen molar-refractivity contribution >= 4 is 11.6 Å². The molecular formula is C22H18O2. The van der Waals surface area contributed by atoms with Gasteiger partial charge in [-0.1, -0.05) is 48.5 Å². The van der Waals surface area contributed by atoms with Crippen molar-refractivity contribution in [1.82, 2.24) is 0 Å². The molecule has 0 fully saturated rings. The van der Waals surface area contributed by atoms with Crippen molar-refractivity contribution in [3.05, 3.63) is 83.4 Å². The Balaban J connectivity index is 1.95. The van der Waals surface area contributed by atoms with Crippen LogP contribution < -0.4 is 9.47 Å². The number of hydrogen-bond donors (Lipinski definition) is 0. The molecule has 0 bridgehead atoms. The summed E-state index contributed by atoms with van der Waals surface area (Å²) < 4.78 is 10.9. The average Bonchev–Trinajstić information content (AvgIpc) is 2.96. The highest BCUT2D eigenvalue weighted by Gasteiger charge is 2.22. The topological polar surface area (TPSA) is 18.5 Å². The summed E-state index contributed by atoms with van der Waals surface area (Å²) >= 11 is 0. The second-order valence-electron chi connectivity index (χ2n) is 5.76. The van der Waals surface area contributed by atoms with Crippen LogP contribution in [0.2, 0.25) is 0 Å². The third-order valence-corrected chi connectivity index (χ3v) is 4.46. The first-order valence-electron chi connectivity index (χ1n) is 7.94. The van der Waals surface area contributed by atoms with E-state index in [0.717, 1.165) is 17.1 Å². The molecule has 24 heavy (non-hydrogen) atoms. The van der Waals surface area contributed by atoms with Gasteiger partial charge in [0.05, 0.1) is 14.2 Å². The van der Waals surface area contributed by atoms with Gasteiger partial charge in [0.2, 0.25) is 0 Å². The van der Waals surface area contributed by atoms with Gasteiger partial charge in [-0.05, 0) is 52.1 Å². The van der Waals surface area contributed by atoms with Gasteiger partial charge >= 0.3 is 0 Å². The quantitative estimate of drug-likeness (QED) is 0.512. The van der Waals surface area contributed by atoms with Crippen molar-refractivity contribution in [2.24, 2.45) is 0 Å². The molecule has 0 aliphatic heterocycles. The van der Waals surface area contributed by atoms with Crippen LogP contribution in [0.15, 0.2) is 66.7 Å². The summed E-state index contributed by atoms with van der Waals surface area (Å²) in [6, 6.07) is 22.9. The Bertz CT molecular complexity index is 891. The number of rotatable bonds is 3. The zero-order valence-corrected chi connectivity index (χ0v) is 13.7. The monoisotopic (exact) mass is 314 g/mol. The maximum Gasteiger partial charge on any atom is 0.126 e. The van der Waals surface area contributed by atoms with E-state index in [1.165, 1.54) is 27.8 Å². The third-order valence-electron chi connectivity index (χ3n) is 4.46. The van der Waals surface area contributed by atoms with Crippen molar-refractivity contribution in [2.45, 2.75) is 0 Å². The molecule has 3 aromatic carbocycles. The van der Waals surface area contributed by atoms with E-state index >= 15 is 0 Å². The predicted molar refractivity (Wildman–Crippen MR) is 98.4 cm³/mol. The van der Waals surface area contributed by atoms with Crippen LogP contribution in [0, 0.1) is 0 Å². The van der Waals surface area contributed by atoms with Crippen LogP contribution >= 0.6 is 0 Å². The molecule has 118 valence electrons. The summed E-state index contributed by atoms with van der Waals surface area (Å²) in [5.74, 6) is 1.66. The Labute approximate surface area is 142 Å². The Morgan fingerprint density at radius 3 is 1.79 bits per heavy atom. The normalized spacial score (nSPS) is 11.7. The van der Waals surface area contributed by atoms with Crippen LogP contribution in [0.25, 0.3) is 22.8 Å². The number of ether oxygens (including phenoxy) is 2. The molecule has 0 radical (unpaired) electrons. The van der Waals surface area contributed by atoms with Gasteiger partial charge in [-0.2, -0.15) is 0 Å². The van der Waals surface area contributed by atoms with Crippen LogP contribution in [-0.2, 0) is 0 Å². The summed E-state index contributed by atoms with van der Waals surface area (Å²) in [6.45, 7) is 0.